The van der Waals surface area contributed by atoms with Crippen LogP contribution in [0.3, 0.4) is 0 Å². The van der Waals surface area contributed by atoms with Crippen molar-refractivity contribution in [2.45, 2.75) is 63.9 Å². The van der Waals surface area contributed by atoms with Crippen molar-refractivity contribution in [3.8, 4) is 0 Å². The average Bonchev–Trinajstić information content (AvgIpc) is 3.21. The monoisotopic (exact) mass is 499 g/mol. The number of carbonyl (C=O) groups excluding carboxylic acids is 3. The molecule has 9 heteroatoms. The molecule has 0 aliphatic carbocycles. The number of rotatable bonds is 7. The van der Waals surface area contributed by atoms with Crippen molar-refractivity contribution in [2.24, 2.45) is 0 Å². The summed E-state index contributed by atoms with van der Waals surface area (Å²) < 4.78 is 18.8. The standard InChI is InChI=1S/C27H34FN3O5/c1-27(2,3)36-26(35)31-17-21(32)15-23(31)24(33)29-22(14-18-10-12-20(28)13-11-18)25(34)30(4)16-19-8-6-5-7-9-19/h5-13,21-23,32H,14-17H2,1-4H3,(H,29,33)/t21-,22+,23+/m1/s1. The van der Waals surface area contributed by atoms with Gasteiger partial charge in [-0.05, 0) is 44.0 Å². The molecule has 8 nitrogen and oxygen atoms in total. The number of ether oxygens (including phenoxy) is 1. The number of nitrogens with zero attached hydrogens (tertiary/aromatic N) is 2. The van der Waals surface area contributed by atoms with Gasteiger partial charge in [0.1, 0.15) is 23.5 Å². The molecule has 3 atom stereocenters. The third-order valence-electron chi connectivity index (χ3n) is 5.82. The second-order valence-corrected chi connectivity index (χ2v) is 10.1. The van der Waals surface area contributed by atoms with Crippen LogP contribution in [-0.4, -0.2) is 70.2 Å². The first-order chi connectivity index (χ1) is 16.9. The summed E-state index contributed by atoms with van der Waals surface area (Å²) in [6, 6.07) is 13.2. The Morgan fingerprint density at radius 1 is 1.11 bits per heavy atom. The molecule has 0 bridgehead atoms. The molecule has 0 saturated carbocycles. The van der Waals surface area contributed by atoms with Crippen LogP contribution in [0.5, 0.6) is 0 Å². The van der Waals surface area contributed by atoms with E-state index in [4.69, 9.17) is 4.74 Å². The smallest absolute Gasteiger partial charge is 0.411 e. The first-order valence-electron chi connectivity index (χ1n) is 11.9. The average molecular weight is 500 g/mol. The van der Waals surface area contributed by atoms with Crippen LogP contribution in [0.25, 0.3) is 0 Å². The molecule has 1 aliphatic heterocycles. The van der Waals surface area contributed by atoms with E-state index in [0.29, 0.717) is 12.1 Å². The van der Waals surface area contributed by atoms with Gasteiger partial charge in [0.2, 0.25) is 11.8 Å². The third-order valence-corrected chi connectivity index (χ3v) is 5.82. The van der Waals surface area contributed by atoms with E-state index in [2.05, 4.69) is 5.32 Å². The molecular weight excluding hydrogens is 465 g/mol. The van der Waals surface area contributed by atoms with Crippen molar-refractivity contribution < 1.29 is 28.6 Å². The zero-order chi connectivity index (χ0) is 26.5. The van der Waals surface area contributed by atoms with Crippen LogP contribution in [0.4, 0.5) is 9.18 Å². The summed E-state index contributed by atoms with van der Waals surface area (Å²) in [5.41, 5.74) is 0.821. The van der Waals surface area contributed by atoms with E-state index in [0.717, 1.165) is 5.56 Å². The number of halogens is 1. The van der Waals surface area contributed by atoms with Crippen LogP contribution in [0.15, 0.2) is 54.6 Å². The maximum atomic E-state index is 13.4. The molecule has 2 N–H and O–H groups in total. The molecule has 1 saturated heterocycles. The Morgan fingerprint density at radius 3 is 2.36 bits per heavy atom. The first-order valence-corrected chi connectivity index (χ1v) is 11.9. The molecule has 0 unspecified atom stereocenters. The molecule has 1 heterocycles. The largest absolute Gasteiger partial charge is 0.444 e. The first kappa shape index (κ1) is 27.1. The number of aliphatic hydroxyl groups excluding tert-OH is 1. The Hall–Kier alpha value is -3.46. The number of hydrogen-bond acceptors (Lipinski definition) is 5. The van der Waals surface area contributed by atoms with Gasteiger partial charge >= 0.3 is 6.09 Å². The highest BCUT2D eigenvalue weighted by molar-refractivity contribution is 5.91. The predicted octanol–water partition coefficient (Wildman–Crippen LogP) is 2.88. The van der Waals surface area contributed by atoms with Crippen LogP contribution in [0, 0.1) is 5.82 Å². The second-order valence-electron chi connectivity index (χ2n) is 10.1. The van der Waals surface area contributed by atoms with Crippen molar-refractivity contribution in [2.75, 3.05) is 13.6 Å². The minimum absolute atomic E-state index is 0.0301. The number of amides is 3. The summed E-state index contributed by atoms with van der Waals surface area (Å²) in [6.07, 6.45) is -1.43. The van der Waals surface area contributed by atoms with Crippen LogP contribution in [-0.2, 0) is 27.3 Å². The predicted molar refractivity (Wildman–Crippen MR) is 132 cm³/mol. The molecule has 3 rings (SSSR count). The molecule has 1 aliphatic rings. The van der Waals surface area contributed by atoms with E-state index in [9.17, 15) is 23.9 Å². The summed E-state index contributed by atoms with van der Waals surface area (Å²) in [5, 5.41) is 13.0. The third kappa shape index (κ3) is 7.52. The van der Waals surface area contributed by atoms with Crippen molar-refractivity contribution in [1.82, 2.24) is 15.1 Å². The van der Waals surface area contributed by atoms with Crippen LogP contribution >= 0.6 is 0 Å². The highest BCUT2D eigenvalue weighted by Gasteiger charge is 2.42. The summed E-state index contributed by atoms with van der Waals surface area (Å²) in [4.78, 5) is 42.1. The molecule has 0 radical (unpaired) electrons. The Labute approximate surface area is 211 Å². The van der Waals surface area contributed by atoms with Crippen molar-refractivity contribution >= 4 is 17.9 Å². The van der Waals surface area contributed by atoms with Gasteiger partial charge in [-0.15, -0.1) is 0 Å². The van der Waals surface area contributed by atoms with Crippen LogP contribution < -0.4 is 5.32 Å². The fraction of sp³-hybridized carbons (Fsp3) is 0.444. The zero-order valence-electron chi connectivity index (χ0n) is 21.1. The zero-order valence-corrected chi connectivity index (χ0v) is 21.1. The number of likely N-dealkylation sites (tertiary alicyclic amines) is 1. The number of nitrogens with one attached hydrogen (secondary N) is 1. The molecule has 3 amide bonds. The lowest BCUT2D eigenvalue weighted by molar-refractivity contribution is -0.137. The van der Waals surface area contributed by atoms with E-state index >= 15 is 0 Å². The van der Waals surface area contributed by atoms with Gasteiger partial charge in [0.25, 0.3) is 0 Å². The van der Waals surface area contributed by atoms with E-state index in [1.54, 1.807) is 40.0 Å². The fourth-order valence-electron chi connectivity index (χ4n) is 4.11. The van der Waals surface area contributed by atoms with Gasteiger partial charge in [0, 0.05) is 26.4 Å². The molecular formula is C27H34FN3O5. The minimum atomic E-state index is -0.988. The molecule has 194 valence electrons. The molecule has 2 aromatic rings. The Balaban J connectivity index is 1.79. The summed E-state index contributed by atoms with van der Waals surface area (Å²) >= 11 is 0. The lowest BCUT2D eigenvalue weighted by Crippen LogP contribution is -2.54. The fourth-order valence-corrected chi connectivity index (χ4v) is 4.11. The molecule has 36 heavy (non-hydrogen) atoms. The maximum absolute atomic E-state index is 13.4. The van der Waals surface area contributed by atoms with Crippen molar-refractivity contribution in [3.63, 3.8) is 0 Å². The number of aliphatic hydroxyl groups is 1. The Kier molecular flexibility index (Phi) is 8.68. The lowest BCUT2D eigenvalue weighted by Gasteiger charge is -2.30. The summed E-state index contributed by atoms with van der Waals surface area (Å²) in [7, 11) is 1.64. The topological polar surface area (TPSA) is 99.2 Å². The number of hydrogen-bond donors (Lipinski definition) is 2. The van der Waals surface area contributed by atoms with Gasteiger partial charge in [0.15, 0.2) is 0 Å². The second kappa shape index (κ2) is 11.5. The number of likely N-dealkylation sites (N-methyl/N-ethyl adjacent to an activating group) is 1. The van der Waals surface area contributed by atoms with Gasteiger partial charge < -0.3 is 20.1 Å². The van der Waals surface area contributed by atoms with Crippen molar-refractivity contribution in [3.05, 3.63) is 71.5 Å². The number of carbonyl (C=O) groups is 3. The van der Waals surface area contributed by atoms with Crippen LogP contribution in [0.2, 0.25) is 0 Å². The lowest BCUT2D eigenvalue weighted by atomic mass is 10.0. The molecule has 0 spiro atoms. The SMILES string of the molecule is CN(Cc1ccccc1)C(=O)[C@H](Cc1ccc(F)cc1)NC(=O)[C@@H]1C[C@@H](O)CN1C(=O)OC(C)(C)C. The maximum Gasteiger partial charge on any atom is 0.411 e. The normalized spacial score (nSPS) is 18.4. The van der Waals surface area contributed by atoms with Gasteiger partial charge in [-0.25, -0.2) is 9.18 Å². The molecule has 0 aromatic heterocycles. The van der Waals surface area contributed by atoms with Gasteiger partial charge in [0.05, 0.1) is 12.6 Å². The van der Waals surface area contributed by atoms with Crippen LogP contribution in [0.1, 0.15) is 38.3 Å². The van der Waals surface area contributed by atoms with E-state index in [-0.39, 0.29) is 25.3 Å². The quantitative estimate of drug-likeness (QED) is 0.611. The summed E-state index contributed by atoms with van der Waals surface area (Å²) in [5.74, 6) is -1.30. The highest BCUT2D eigenvalue weighted by Crippen LogP contribution is 2.22. The molecule has 2 aromatic carbocycles. The Bertz CT molecular complexity index is 1060. The highest BCUT2D eigenvalue weighted by atomic mass is 19.1. The van der Waals surface area contributed by atoms with E-state index in [1.165, 1.54) is 21.9 Å². The van der Waals surface area contributed by atoms with Gasteiger partial charge in [-0.2, -0.15) is 0 Å². The van der Waals surface area contributed by atoms with E-state index < -0.39 is 41.6 Å². The number of β-amino-alcohol motifs (C(OH)–C–C–N with tert-alkyl or cyclic N) is 1. The van der Waals surface area contributed by atoms with Gasteiger partial charge in [-0.3, -0.25) is 14.5 Å². The van der Waals surface area contributed by atoms with Gasteiger partial charge in [-0.1, -0.05) is 42.5 Å². The Morgan fingerprint density at radius 2 is 1.75 bits per heavy atom. The number of benzene rings is 2. The minimum Gasteiger partial charge on any atom is -0.444 e. The van der Waals surface area contributed by atoms with E-state index in [1.807, 2.05) is 30.3 Å². The van der Waals surface area contributed by atoms with Crippen molar-refractivity contribution in [1.29, 1.82) is 0 Å². The summed E-state index contributed by atoms with van der Waals surface area (Å²) in [6.45, 7) is 5.43. The molecule has 1 fully saturated rings.